The molecular formula is C24HAg2B4ClF20K2LiNNaO3+4. The number of benzene rings is 4. The molecule has 4 aromatic rings. The Labute approximate surface area is 478 Å². The molecule has 0 amide bonds. The summed E-state index contributed by atoms with van der Waals surface area (Å²) in [5.74, 6) is -41.2. The van der Waals surface area contributed by atoms with Crippen LogP contribution in [0.15, 0.2) is 0 Å². The zero-order valence-electron chi connectivity index (χ0n) is 28.6. The second-order valence-corrected chi connectivity index (χ2v) is 8.17. The maximum Gasteiger partial charge on any atom is 1.00 e. The van der Waals surface area contributed by atoms with Crippen LogP contribution < -0.4 is 185 Å². The van der Waals surface area contributed by atoms with Gasteiger partial charge in [-0.15, -0.1) is 10.1 Å². The van der Waals surface area contributed by atoms with Gasteiger partial charge >= 0.3 is 174 Å². The average molecular weight is 1130 g/mol. The molecule has 0 spiro atoms. The fourth-order valence-electron chi connectivity index (χ4n) is 2.49. The molecule has 0 bridgehead atoms. The first kappa shape index (κ1) is 77.8. The van der Waals surface area contributed by atoms with Crippen LogP contribution >= 0.6 is 0 Å². The summed E-state index contributed by atoms with van der Waals surface area (Å²) < 4.78 is 244. The van der Waals surface area contributed by atoms with Crippen molar-refractivity contribution in [2.24, 2.45) is 0 Å². The monoisotopic (exact) mass is 1130 g/mol. The SMILES string of the molecule is O=[N+]([O-])O.[Ag+].[Ag].[B]c1c(F)c(F)c(F)c(F)c1F.[B]c1c(F)c(F)c(F)c(F)c1F.[B]c1c(F)c(F)c(F)c(F)c1F.[B]c1c(F)c(F)c(F)c(F)c1F.[Cl-].[K+].[K+].[Li+].[Na+]. The summed E-state index contributed by atoms with van der Waals surface area (Å²) in [6.45, 7) is 0. The molecular weight excluding hydrogens is 1130 g/mol. The first-order chi connectivity index (χ1) is 23.6. The Morgan fingerprint density at radius 3 is 0.475 bits per heavy atom. The van der Waals surface area contributed by atoms with Gasteiger partial charge in [-0.2, -0.15) is 0 Å². The molecule has 0 atom stereocenters. The molecule has 0 aliphatic rings. The summed E-state index contributed by atoms with van der Waals surface area (Å²) in [6.07, 6.45) is 0. The summed E-state index contributed by atoms with van der Waals surface area (Å²) in [5, 5.41) is 13.6. The summed E-state index contributed by atoms with van der Waals surface area (Å²) in [5.41, 5.74) is -5.48. The van der Waals surface area contributed by atoms with Crippen LogP contribution in [0, 0.1) is 126 Å². The number of hydrogen-bond acceptors (Lipinski definition) is 2. The molecule has 0 saturated heterocycles. The first-order valence-electron chi connectivity index (χ1n) is 11.5. The second-order valence-electron chi connectivity index (χ2n) is 8.17. The van der Waals surface area contributed by atoms with E-state index in [0.717, 1.165) is 0 Å². The Hall–Kier alpha value is 1.58. The van der Waals surface area contributed by atoms with E-state index in [2.05, 4.69) is 31.4 Å². The van der Waals surface area contributed by atoms with Crippen LogP contribution in [0.3, 0.4) is 0 Å². The van der Waals surface area contributed by atoms with E-state index in [1.54, 1.807) is 0 Å². The van der Waals surface area contributed by atoms with E-state index in [0.29, 0.717) is 0 Å². The van der Waals surface area contributed by atoms with Gasteiger partial charge in [0.25, 0.3) is 5.09 Å². The number of nitrogens with zero attached hydrogens (tertiary/aromatic N) is 1. The summed E-state index contributed by atoms with van der Waals surface area (Å²) in [6, 6.07) is 0. The fraction of sp³-hybridized carbons (Fsp3) is 0. The Balaban J connectivity index is -0.0000000914. The van der Waals surface area contributed by atoms with Crippen LogP contribution in [0.5, 0.6) is 0 Å². The van der Waals surface area contributed by atoms with Gasteiger partial charge in [0, 0.05) is 22.4 Å². The minimum atomic E-state index is -2.21. The Morgan fingerprint density at radius 2 is 0.407 bits per heavy atom. The van der Waals surface area contributed by atoms with Crippen LogP contribution in [-0.2, 0) is 44.8 Å². The van der Waals surface area contributed by atoms with Crippen LogP contribution in [0.4, 0.5) is 87.8 Å². The summed E-state index contributed by atoms with van der Waals surface area (Å²) >= 11 is 0. The maximum absolute atomic E-state index is 12.3. The quantitative estimate of drug-likeness (QED) is 0.0477. The Morgan fingerprint density at radius 1 is 0.356 bits per heavy atom. The van der Waals surface area contributed by atoms with Gasteiger partial charge in [0.05, 0.1) is 0 Å². The average Bonchev–Trinajstić information content (AvgIpc) is 3.11. The van der Waals surface area contributed by atoms with Crippen molar-refractivity contribution in [1.29, 1.82) is 0 Å². The normalized spacial score (nSPS) is 8.88. The molecule has 0 saturated carbocycles. The van der Waals surface area contributed by atoms with Crippen molar-refractivity contribution in [3.63, 3.8) is 0 Å². The summed E-state index contributed by atoms with van der Waals surface area (Å²) in [7, 11) is 18.2. The van der Waals surface area contributed by atoms with Gasteiger partial charge in [0.1, 0.15) is 31.4 Å². The molecule has 1 N–H and O–H groups in total. The molecule has 4 aromatic carbocycles. The van der Waals surface area contributed by atoms with Crippen molar-refractivity contribution in [2.75, 3.05) is 0 Å². The molecule has 9 radical (unpaired) electrons. The van der Waals surface area contributed by atoms with Crippen molar-refractivity contribution < 1.29 is 306 Å². The third kappa shape index (κ3) is 20.7. The van der Waals surface area contributed by atoms with Gasteiger partial charge in [-0.3, -0.25) is 0 Å². The molecule has 0 heterocycles. The smallest absolute Gasteiger partial charge is 1.00 e. The molecule has 0 aliphatic heterocycles. The van der Waals surface area contributed by atoms with Gasteiger partial charge in [-0.1, -0.05) is 0 Å². The minimum Gasteiger partial charge on any atom is -1.00 e. The molecule has 0 aliphatic carbocycles. The Kier molecular flexibility index (Phi) is 46.0. The first-order valence-corrected chi connectivity index (χ1v) is 11.5. The van der Waals surface area contributed by atoms with Gasteiger partial charge < -0.3 is 17.6 Å². The van der Waals surface area contributed by atoms with Crippen LogP contribution in [0.1, 0.15) is 0 Å². The van der Waals surface area contributed by atoms with Crippen LogP contribution in [0.25, 0.3) is 0 Å². The van der Waals surface area contributed by atoms with Gasteiger partial charge in [-0.05, 0) is 21.9 Å². The van der Waals surface area contributed by atoms with E-state index in [1.807, 2.05) is 0 Å². The number of rotatable bonds is 0. The summed E-state index contributed by atoms with van der Waals surface area (Å²) in [4.78, 5) is 8.36. The molecule has 59 heavy (non-hydrogen) atoms. The third-order valence-corrected chi connectivity index (χ3v) is 4.98. The largest absolute Gasteiger partial charge is 1.00 e. The van der Waals surface area contributed by atoms with E-state index < -0.39 is 143 Å². The second kappa shape index (κ2) is 34.9. The van der Waals surface area contributed by atoms with Crippen LogP contribution in [0.2, 0.25) is 0 Å². The van der Waals surface area contributed by atoms with Crippen molar-refractivity contribution >= 4 is 53.2 Å². The molecule has 0 unspecified atom stereocenters. The Bertz CT molecular complexity index is 1360. The van der Waals surface area contributed by atoms with Gasteiger partial charge in [0.15, 0.2) is 116 Å². The predicted molar refractivity (Wildman–Crippen MR) is 135 cm³/mol. The van der Waals surface area contributed by atoms with Crippen molar-refractivity contribution in [2.45, 2.75) is 0 Å². The topological polar surface area (TPSA) is 63.4 Å². The standard InChI is InChI=1S/4C6BF5.2Ag.ClH.2K.Li.HNO3.Na/c4*7-1-2(8)4(10)6(12)5(11)3(1)9;;;;;;;2-1(3)4;/h;;;;;;1H;;;;(H,2,3,4);/q;;;;;+1;;3*+1;;+1/p-1. The molecule has 0 fully saturated rings. The third-order valence-electron chi connectivity index (χ3n) is 4.98. The van der Waals surface area contributed by atoms with Gasteiger partial charge in [-0.25, -0.2) is 87.8 Å². The predicted octanol–water partition coefficient (Wildman–Crippen LogP) is -10.6. The van der Waals surface area contributed by atoms with E-state index in [4.69, 9.17) is 15.3 Å². The van der Waals surface area contributed by atoms with E-state index in [1.165, 1.54) is 0 Å². The molecule has 4 nitrogen and oxygen atoms in total. The van der Waals surface area contributed by atoms with Crippen LogP contribution in [-0.4, -0.2) is 41.7 Å². The van der Waals surface area contributed by atoms with Crippen molar-refractivity contribution in [3.05, 3.63) is 126 Å². The maximum atomic E-state index is 12.3. The van der Waals surface area contributed by atoms with E-state index in [-0.39, 0.29) is 208 Å². The van der Waals surface area contributed by atoms with E-state index in [9.17, 15) is 87.8 Å². The fourth-order valence-corrected chi connectivity index (χ4v) is 2.49. The zero-order chi connectivity index (χ0) is 41.4. The molecule has 301 valence electrons. The van der Waals surface area contributed by atoms with Crippen molar-refractivity contribution in [1.82, 2.24) is 0 Å². The number of hydrogen-bond donors (Lipinski definition) is 1. The van der Waals surface area contributed by atoms with E-state index >= 15 is 0 Å². The minimum absolute atomic E-state index is 0. The number of halogens is 21. The molecule has 4 rings (SSSR count). The molecule has 35 heteroatoms. The van der Waals surface area contributed by atoms with Crippen molar-refractivity contribution in [3.8, 4) is 0 Å². The zero-order valence-corrected chi connectivity index (χ0v) is 40.5. The van der Waals surface area contributed by atoms with Gasteiger partial charge in [0.2, 0.25) is 0 Å². The molecule has 0 aromatic heterocycles.